The Morgan fingerprint density at radius 2 is 2.21 bits per heavy atom. The lowest BCUT2D eigenvalue weighted by Gasteiger charge is -2.32. The van der Waals surface area contributed by atoms with Crippen LogP contribution in [0.25, 0.3) is 0 Å². The Labute approximate surface area is 142 Å². The molecule has 134 valence electrons. The van der Waals surface area contributed by atoms with Gasteiger partial charge in [0.15, 0.2) is 5.96 Å². The minimum absolute atomic E-state index is 0.253. The van der Waals surface area contributed by atoms with Crippen LogP contribution >= 0.6 is 0 Å². The van der Waals surface area contributed by atoms with E-state index >= 15 is 0 Å². The zero-order valence-corrected chi connectivity index (χ0v) is 14.7. The molecule has 0 saturated carbocycles. The standard InChI is InChI=1S/C15H27N7O2/c1-4-13-20-18-11-22(13)10-7-17-14(16-2)19-12-5-8-21(9-6-12)15(23)24-3/h11-12H,4-10H2,1-3H3,(H2,16,17,19). The number of nitrogens with one attached hydrogen (secondary N) is 2. The number of methoxy groups -OCH3 is 1. The van der Waals surface area contributed by atoms with Crippen molar-refractivity contribution < 1.29 is 9.53 Å². The van der Waals surface area contributed by atoms with E-state index in [9.17, 15) is 4.79 Å². The number of likely N-dealkylation sites (tertiary alicyclic amines) is 1. The number of rotatable bonds is 5. The molecular formula is C15H27N7O2. The van der Waals surface area contributed by atoms with Crippen LogP contribution in [-0.4, -0.2) is 71.6 Å². The van der Waals surface area contributed by atoms with Gasteiger partial charge in [-0.15, -0.1) is 10.2 Å². The van der Waals surface area contributed by atoms with Crippen molar-refractivity contribution >= 4 is 12.1 Å². The van der Waals surface area contributed by atoms with Crippen LogP contribution in [0.15, 0.2) is 11.3 Å². The number of aliphatic imine (C=N–C) groups is 1. The molecule has 1 aliphatic rings. The summed E-state index contributed by atoms with van der Waals surface area (Å²) >= 11 is 0. The Kier molecular flexibility index (Phi) is 6.83. The molecule has 2 N–H and O–H groups in total. The average molecular weight is 337 g/mol. The van der Waals surface area contributed by atoms with E-state index in [4.69, 9.17) is 4.74 Å². The molecule has 0 bridgehead atoms. The number of hydrogen-bond acceptors (Lipinski definition) is 5. The highest BCUT2D eigenvalue weighted by Crippen LogP contribution is 2.11. The van der Waals surface area contributed by atoms with Gasteiger partial charge in [-0.25, -0.2) is 4.79 Å². The minimum Gasteiger partial charge on any atom is -0.453 e. The lowest BCUT2D eigenvalue weighted by molar-refractivity contribution is 0.111. The lowest BCUT2D eigenvalue weighted by Crippen LogP contribution is -2.50. The number of aryl methyl sites for hydroxylation is 1. The summed E-state index contributed by atoms with van der Waals surface area (Å²) in [6.45, 7) is 4.99. The van der Waals surface area contributed by atoms with Gasteiger partial charge in [-0.1, -0.05) is 6.92 Å². The highest BCUT2D eigenvalue weighted by molar-refractivity contribution is 5.80. The van der Waals surface area contributed by atoms with Gasteiger partial charge >= 0.3 is 6.09 Å². The first-order valence-electron chi connectivity index (χ1n) is 8.34. The van der Waals surface area contributed by atoms with E-state index in [1.807, 2.05) is 4.57 Å². The maximum absolute atomic E-state index is 11.5. The van der Waals surface area contributed by atoms with Crippen molar-refractivity contribution in [3.63, 3.8) is 0 Å². The molecule has 0 spiro atoms. The fourth-order valence-corrected chi connectivity index (χ4v) is 2.76. The van der Waals surface area contributed by atoms with Crippen molar-refractivity contribution in [3.05, 3.63) is 12.2 Å². The van der Waals surface area contributed by atoms with Crippen LogP contribution in [0.2, 0.25) is 0 Å². The number of amides is 1. The number of carbonyl (C=O) groups is 1. The number of nitrogens with zero attached hydrogens (tertiary/aromatic N) is 5. The molecule has 1 fully saturated rings. The molecule has 1 aromatic heterocycles. The van der Waals surface area contributed by atoms with E-state index < -0.39 is 0 Å². The smallest absolute Gasteiger partial charge is 0.409 e. The van der Waals surface area contributed by atoms with Gasteiger partial charge in [-0.3, -0.25) is 4.99 Å². The molecule has 0 unspecified atom stereocenters. The molecule has 24 heavy (non-hydrogen) atoms. The number of ether oxygens (including phenoxy) is 1. The van der Waals surface area contributed by atoms with E-state index in [2.05, 4.69) is 32.7 Å². The van der Waals surface area contributed by atoms with Crippen molar-refractivity contribution in [2.24, 2.45) is 4.99 Å². The van der Waals surface area contributed by atoms with E-state index in [1.165, 1.54) is 7.11 Å². The van der Waals surface area contributed by atoms with Crippen molar-refractivity contribution in [2.45, 2.75) is 38.8 Å². The number of aromatic nitrogens is 3. The molecule has 0 atom stereocenters. The SMILES string of the molecule is CCc1nncn1CCNC(=NC)NC1CCN(C(=O)OC)CC1. The minimum atomic E-state index is -0.253. The van der Waals surface area contributed by atoms with Crippen LogP contribution in [0.5, 0.6) is 0 Å². The van der Waals surface area contributed by atoms with Gasteiger partial charge in [-0.05, 0) is 12.8 Å². The quantitative estimate of drug-likeness (QED) is 0.590. The first-order chi connectivity index (χ1) is 11.7. The highest BCUT2D eigenvalue weighted by atomic mass is 16.5. The normalized spacial score (nSPS) is 16.1. The zero-order chi connectivity index (χ0) is 17.4. The molecular weight excluding hydrogens is 310 g/mol. The number of carbonyl (C=O) groups excluding carboxylic acids is 1. The van der Waals surface area contributed by atoms with Crippen LogP contribution in [0.4, 0.5) is 4.79 Å². The number of guanidine groups is 1. The third-order valence-corrected chi connectivity index (χ3v) is 4.15. The molecule has 0 aliphatic carbocycles. The van der Waals surface area contributed by atoms with E-state index in [0.29, 0.717) is 19.1 Å². The third kappa shape index (κ3) is 4.84. The fourth-order valence-electron chi connectivity index (χ4n) is 2.76. The molecule has 2 heterocycles. The Morgan fingerprint density at radius 1 is 1.46 bits per heavy atom. The third-order valence-electron chi connectivity index (χ3n) is 4.15. The molecule has 1 saturated heterocycles. The molecule has 2 rings (SSSR count). The van der Waals surface area contributed by atoms with E-state index in [1.54, 1.807) is 18.3 Å². The first kappa shape index (κ1) is 18.0. The molecule has 9 nitrogen and oxygen atoms in total. The summed E-state index contributed by atoms with van der Waals surface area (Å²) in [6.07, 6.45) is 4.12. The summed E-state index contributed by atoms with van der Waals surface area (Å²) in [4.78, 5) is 17.5. The Hall–Kier alpha value is -2.32. The summed E-state index contributed by atoms with van der Waals surface area (Å²) < 4.78 is 6.79. The lowest BCUT2D eigenvalue weighted by atomic mass is 10.1. The van der Waals surface area contributed by atoms with Crippen LogP contribution < -0.4 is 10.6 Å². The monoisotopic (exact) mass is 337 g/mol. The summed E-state index contributed by atoms with van der Waals surface area (Å²) in [7, 11) is 3.17. The molecule has 9 heteroatoms. The maximum Gasteiger partial charge on any atom is 0.409 e. The van der Waals surface area contributed by atoms with Crippen LogP contribution in [0, 0.1) is 0 Å². The second kappa shape index (κ2) is 9.09. The van der Waals surface area contributed by atoms with Crippen LogP contribution in [-0.2, 0) is 17.7 Å². The first-order valence-corrected chi connectivity index (χ1v) is 8.34. The number of piperidine rings is 1. The Morgan fingerprint density at radius 3 is 2.83 bits per heavy atom. The topological polar surface area (TPSA) is 96.7 Å². The second-order valence-electron chi connectivity index (χ2n) is 5.67. The van der Waals surface area contributed by atoms with Gasteiger partial charge in [0.1, 0.15) is 12.2 Å². The summed E-state index contributed by atoms with van der Waals surface area (Å²) in [5, 5.41) is 14.7. The van der Waals surface area contributed by atoms with E-state index in [-0.39, 0.29) is 6.09 Å². The van der Waals surface area contributed by atoms with Gasteiger partial charge in [0.25, 0.3) is 0 Å². The maximum atomic E-state index is 11.5. The van der Waals surface area contributed by atoms with Gasteiger partial charge in [0, 0.05) is 45.7 Å². The molecule has 1 aromatic rings. The summed E-state index contributed by atoms with van der Waals surface area (Å²) in [5.74, 6) is 1.76. The van der Waals surface area contributed by atoms with Crippen molar-refractivity contribution in [3.8, 4) is 0 Å². The van der Waals surface area contributed by atoms with Crippen LogP contribution in [0.3, 0.4) is 0 Å². The summed E-state index contributed by atoms with van der Waals surface area (Å²) in [6, 6.07) is 0.304. The van der Waals surface area contributed by atoms with Crippen molar-refractivity contribution in [1.82, 2.24) is 30.3 Å². The van der Waals surface area contributed by atoms with Gasteiger partial charge in [0.05, 0.1) is 7.11 Å². The molecule has 1 amide bonds. The van der Waals surface area contributed by atoms with Gasteiger partial charge in [0.2, 0.25) is 0 Å². The second-order valence-corrected chi connectivity index (χ2v) is 5.67. The summed E-state index contributed by atoms with van der Waals surface area (Å²) in [5.41, 5.74) is 0. The molecule has 0 radical (unpaired) electrons. The van der Waals surface area contributed by atoms with Gasteiger partial charge in [-0.2, -0.15) is 0 Å². The largest absolute Gasteiger partial charge is 0.453 e. The number of hydrogen-bond donors (Lipinski definition) is 2. The fraction of sp³-hybridized carbons (Fsp3) is 0.733. The molecule has 1 aliphatic heterocycles. The van der Waals surface area contributed by atoms with Crippen molar-refractivity contribution in [1.29, 1.82) is 0 Å². The molecule has 0 aromatic carbocycles. The van der Waals surface area contributed by atoms with Crippen molar-refractivity contribution in [2.75, 3.05) is 33.8 Å². The predicted molar refractivity (Wildman–Crippen MR) is 90.9 cm³/mol. The Balaban J connectivity index is 1.72. The Bertz CT molecular complexity index is 550. The zero-order valence-electron chi connectivity index (χ0n) is 14.7. The van der Waals surface area contributed by atoms with E-state index in [0.717, 1.165) is 44.1 Å². The van der Waals surface area contributed by atoms with Gasteiger partial charge < -0.3 is 24.8 Å². The van der Waals surface area contributed by atoms with Crippen LogP contribution in [0.1, 0.15) is 25.6 Å². The average Bonchev–Trinajstić information content (AvgIpc) is 3.08. The highest BCUT2D eigenvalue weighted by Gasteiger charge is 2.23. The predicted octanol–water partition coefficient (Wildman–Crippen LogP) is 0.236.